The molecule has 1 aromatic carbocycles. The number of hydrogen-bond acceptors (Lipinski definition) is 3. The molecule has 0 fully saturated rings. The van der Waals surface area contributed by atoms with Crippen molar-refractivity contribution < 1.29 is 20.8 Å². The quantitative estimate of drug-likeness (QED) is 0.689. The molecule has 0 unspecified atom stereocenters. The Labute approximate surface area is 152 Å². The highest BCUT2D eigenvalue weighted by atomic mass is 127. The lowest BCUT2D eigenvalue weighted by Crippen LogP contribution is -2.48. The Morgan fingerprint density at radius 2 is 1.96 bits per heavy atom. The summed E-state index contributed by atoms with van der Waals surface area (Å²) in [5, 5.41) is 9.61. The van der Waals surface area contributed by atoms with Gasteiger partial charge in [0.25, 0.3) is 0 Å². The monoisotopic (exact) mass is 434 g/mol. The number of hydrogen-bond donors (Lipinski definition) is 1. The zero-order valence-corrected chi connectivity index (χ0v) is 15.9. The number of aliphatic carboxylic acids is 1. The van der Waals surface area contributed by atoms with Crippen molar-refractivity contribution in [2.75, 3.05) is 6.54 Å². The molecule has 0 aliphatic rings. The molecule has 1 amide bonds. The summed E-state index contributed by atoms with van der Waals surface area (Å²) >= 11 is 2.18. The zero-order chi connectivity index (χ0) is 18.3. The molecule has 1 atom stereocenters. The molecule has 0 bridgehead atoms. The van der Waals surface area contributed by atoms with Crippen LogP contribution in [0.15, 0.2) is 24.3 Å². The van der Waals surface area contributed by atoms with Crippen molar-refractivity contribution in [3.8, 4) is 0 Å². The largest absolute Gasteiger partial charge is 0.480 e. The number of carbonyl (C=O) groups excluding carboxylic acids is 1. The Morgan fingerprint density at radius 3 is 2.43 bits per heavy atom. The Hall–Kier alpha value is -1.31. The highest BCUT2D eigenvalue weighted by Gasteiger charge is 2.32. The smallest absolute Gasteiger partial charge is 0.411 e. The van der Waals surface area contributed by atoms with Crippen molar-refractivity contribution in [3.63, 3.8) is 0 Å². The van der Waals surface area contributed by atoms with Gasteiger partial charge in [-0.05, 0) is 67.5 Å². The lowest BCUT2D eigenvalue weighted by Gasteiger charge is -2.31. The zero-order valence-electron chi connectivity index (χ0n) is 14.7. The van der Waals surface area contributed by atoms with E-state index in [1.54, 1.807) is 20.8 Å². The lowest BCUT2D eigenvalue weighted by molar-refractivity contribution is -0.143. The lowest BCUT2D eigenvalue weighted by atomic mass is 10.0. The van der Waals surface area contributed by atoms with Crippen LogP contribution in [0.5, 0.6) is 0 Å². The first-order chi connectivity index (χ1) is 11.1. The normalized spacial score (nSPS) is 13.1. The summed E-state index contributed by atoms with van der Waals surface area (Å²) in [6.07, 6.45) is -0.0620. The van der Waals surface area contributed by atoms with Gasteiger partial charge in [0.1, 0.15) is 11.6 Å². The van der Waals surface area contributed by atoms with Gasteiger partial charge in [0.05, 0.1) is 0 Å². The minimum absolute atomic E-state index is 0.120. The van der Waals surface area contributed by atoms with Gasteiger partial charge in [0, 0.05) is 17.9 Å². The number of amides is 1. The van der Waals surface area contributed by atoms with Gasteiger partial charge < -0.3 is 9.84 Å². The van der Waals surface area contributed by atoms with Gasteiger partial charge in [0.2, 0.25) is 0 Å². The standard InChI is InChI=1S/C17H24INO4/c1-5-10-19(16(22)23-17(2,3)4)14(15(20)21)11-12-6-8-13(18)9-7-12/h6-9,14H,5,10-11H2,1-4H3,(H,20,21)/t14-/m0/s1/i1D. The van der Waals surface area contributed by atoms with Gasteiger partial charge in [-0.15, -0.1) is 0 Å². The van der Waals surface area contributed by atoms with Gasteiger partial charge in [0.15, 0.2) is 0 Å². The molecule has 0 aliphatic carbocycles. The van der Waals surface area contributed by atoms with Crippen LogP contribution in [0.25, 0.3) is 0 Å². The molecule has 1 N–H and O–H groups in total. The number of benzene rings is 1. The molecule has 0 saturated heterocycles. The first kappa shape index (κ1) is 18.0. The number of carboxylic acids is 1. The van der Waals surface area contributed by atoms with E-state index in [2.05, 4.69) is 22.6 Å². The summed E-state index contributed by atoms with van der Waals surface area (Å²) in [5.74, 6) is -1.08. The maximum Gasteiger partial charge on any atom is 0.411 e. The van der Waals surface area contributed by atoms with Crippen LogP contribution in [0.4, 0.5) is 4.79 Å². The second-order valence-corrected chi connectivity index (χ2v) is 7.46. The van der Waals surface area contributed by atoms with E-state index < -0.39 is 23.7 Å². The molecule has 1 rings (SSSR count). The van der Waals surface area contributed by atoms with Crippen molar-refractivity contribution in [1.82, 2.24) is 4.90 Å². The van der Waals surface area contributed by atoms with Gasteiger partial charge in [-0.2, -0.15) is 0 Å². The summed E-state index contributed by atoms with van der Waals surface area (Å²) in [5.41, 5.74) is 0.129. The third-order valence-corrected chi connectivity index (χ3v) is 3.75. The Bertz CT molecular complexity index is 557. The molecule has 6 heteroatoms. The van der Waals surface area contributed by atoms with Crippen LogP contribution < -0.4 is 0 Å². The summed E-state index contributed by atoms with van der Waals surface area (Å²) in [6, 6.07) is 6.49. The summed E-state index contributed by atoms with van der Waals surface area (Å²) in [7, 11) is 0. The minimum atomic E-state index is -1.08. The van der Waals surface area contributed by atoms with Crippen LogP contribution in [0.1, 0.15) is 41.0 Å². The minimum Gasteiger partial charge on any atom is -0.480 e. The van der Waals surface area contributed by atoms with Gasteiger partial charge in [-0.25, -0.2) is 9.59 Å². The molecule has 1 aromatic rings. The second-order valence-electron chi connectivity index (χ2n) is 6.21. The number of ether oxygens (including phenoxy) is 1. The molecule has 0 spiro atoms. The number of halogens is 1. The molecular formula is C17H24INO4. The maximum atomic E-state index is 12.4. The SMILES string of the molecule is [2H]CCCN(C(=O)OC(C)(C)C)[C@@H](Cc1ccc(I)cc1)C(=O)O. The highest BCUT2D eigenvalue weighted by molar-refractivity contribution is 14.1. The fourth-order valence-corrected chi connectivity index (χ4v) is 2.40. The van der Waals surface area contributed by atoms with Crippen LogP contribution in [0.2, 0.25) is 0 Å². The fraction of sp³-hybridized carbons (Fsp3) is 0.529. The van der Waals surface area contributed by atoms with Crippen molar-refractivity contribution in [2.45, 2.75) is 52.2 Å². The second kappa shape index (κ2) is 8.52. The van der Waals surface area contributed by atoms with Gasteiger partial charge in [-0.1, -0.05) is 19.0 Å². The van der Waals surface area contributed by atoms with Crippen LogP contribution in [0, 0.1) is 3.57 Å². The summed E-state index contributed by atoms with van der Waals surface area (Å²) in [4.78, 5) is 25.4. The predicted molar refractivity (Wildman–Crippen MR) is 97.5 cm³/mol. The van der Waals surface area contributed by atoms with E-state index in [1.807, 2.05) is 24.3 Å². The highest BCUT2D eigenvalue weighted by Crippen LogP contribution is 2.17. The Morgan fingerprint density at radius 1 is 1.35 bits per heavy atom. The molecular weight excluding hydrogens is 409 g/mol. The Kier molecular flexibility index (Phi) is 6.68. The first-order valence-corrected chi connectivity index (χ1v) is 8.48. The molecule has 5 nitrogen and oxygen atoms in total. The fourth-order valence-electron chi connectivity index (χ4n) is 2.04. The van der Waals surface area contributed by atoms with E-state index in [0.717, 1.165) is 9.13 Å². The molecule has 128 valence electrons. The van der Waals surface area contributed by atoms with Crippen molar-refractivity contribution in [2.24, 2.45) is 0 Å². The topological polar surface area (TPSA) is 66.8 Å². The van der Waals surface area contributed by atoms with Crippen molar-refractivity contribution in [1.29, 1.82) is 0 Å². The summed E-state index contributed by atoms with van der Waals surface area (Å²) in [6.45, 7) is 5.52. The van der Waals surface area contributed by atoms with E-state index >= 15 is 0 Å². The molecule has 0 aliphatic heterocycles. The van der Waals surface area contributed by atoms with Crippen LogP contribution >= 0.6 is 22.6 Å². The number of nitrogens with zero attached hydrogens (tertiary/aromatic N) is 1. The average molecular weight is 434 g/mol. The van der Waals surface area contributed by atoms with E-state index in [-0.39, 0.29) is 19.9 Å². The Balaban J connectivity index is 3.00. The predicted octanol–water partition coefficient (Wildman–Crippen LogP) is 3.93. The van der Waals surface area contributed by atoms with Crippen molar-refractivity contribution >= 4 is 34.7 Å². The molecule has 0 heterocycles. The van der Waals surface area contributed by atoms with Gasteiger partial charge >= 0.3 is 12.1 Å². The average Bonchev–Trinajstić information content (AvgIpc) is 2.46. The van der Waals surface area contributed by atoms with Crippen LogP contribution in [-0.4, -0.2) is 40.3 Å². The van der Waals surface area contributed by atoms with Crippen LogP contribution in [0.3, 0.4) is 0 Å². The number of carboxylic acid groups (broad SMARTS) is 1. The van der Waals surface area contributed by atoms with Gasteiger partial charge in [-0.3, -0.25) is 4.90 Å². The first-order valence-electron chi connectivity index (χ1n) is 8.11. The molecule has 0 radical (unpaired) electrons. The van der Waals surface area contributed by atoms with E-state index in [9.17, 15) is 14.7 Å². The molecule has 0 aromatic heterocycles. The molecule has 0 saturated carbocycles. The molecule has 23 heavy (non-hydrogen) atoms. The number of carbonyl (C=O) groups is 2. The van der Waals surface area contributed by atoms with E-state index in [4.69, 9.17) is 6.11 Å². The van der Waals surface area contributed by atoms with Crippen LogP contribution in [-0.2, 0) is 16.0 Å². The van der Waals surface area contributed by atoms with Crippen molar-refractivity contribution in [3.05, 3.63) is 33.4 Å². The van der Waals surface area contributed by atoms with E-state index in [0.29, 0.717) is 6.42 Å². The van der Waals surface area contributed by atoms with E-state index in [1.165, 1.54) is 4.90 Å². The summed E-state index contributed by atoms with van der Waals surface area (Å²) < 4.78 is 13.7. The third-order valence-electron chi connectivity index (χ3n) is 3.03. The number of rotatable bonds is 6. The maximum absolute atomic E-state index is 12.4. The third kappa shape index (κ3) is 6.76.